The Morgan fingerprint density at radius 2 is 1.85 bits per heavy atom. The molecule has 0 radical (unpaired) electrons. The van der Waals surface area contributed by atoms with Crippen molar-refractivity contribution in [1.82, 2.24) is 0 Å². The molecule has 0 heterocycles. The van der Waals surface area contributed by atoms with Crippen molar-refractivity contribution >= 4 is 17.4 Å². The van der Waals surface area contributed by atoms with Crippen LogP contribution in [0.15, 0.2) is 24.3 Å². The molecule has 0 unspecified atom stereocenters. The number of nitriles is 1. The third kappa shape index (κ3) is 4.51. The fourth-order valence-electron chi connectivity index (χ4n) is 1.84. The van der Waals surface area contributed by atoms with Gasteiger partial charge in [0.1, 0.15) is 0 Å². The van der Waals surface area contributed by atoms with E-state index in [2.05, 4.69) is 5.32 Å². The Morgan fingerprint density at radius 3 is 2.30 bits per heavy atom. The van der Waals surface area contributed by atoms with Crippen molar-refractivity contribution < 1.29 is 9.59 Å². The number of carbonyl (C=O) groups excluding carboxylic acids is 2. The number of rotatable bonds is 6. The Bertz CT molecular complexity index is 512. The van der Waals surface area contributed by atoms with Gasteiger partial charge in [-0.2, -0.15) is 5.26 Å². The van der Waals surface area contributed by atoms with Gasteiger partial charge in [0.2, 0.25) is 5.91 Å². The van der Waals surface area contributed by atoms with Crippen molar-refractivity contribution in [2.75, 3.05) is 5.32 Å². The zero-order valence-corrected chi connectivity index (χ0v) is 12.1. The molecule has 1 atom stereocenters. The molecule has 0 fully saturated rings. The summed E-state index contributed by atoms with van der Waals surface area (Å²) in [6.45, 7) is 5.81. The minimum atomic E-state index is -1.23. The average Bonchev–Trinajstić information content (AvgIpc) is 2.39. The zero-order chi connectivity index (χ0) is 15.1. The second-order valence-corrected chi connectivity index (χ2v) is 5.17. The van der Waals surface area contributed by atoms with E-state index in [0.29, 0.717) is 5.69 Å². The van der Waals surface area contributed by atoms with Crippen molar-refractivity contribution in [2.24, 2.45) is 11.8 Å². The van der Waals surface area contributed by atoms with E-state index in [-0.39, 0.29) is 18.1 Å². The van der Waals surface area contributed by atoms with Crippen LogP contribution in [0.4, 0.5) is 5.69 Å². The van der Waals surface area contributed by atoms with E-state index in [9.17, 15) is 9.59 Å². The van der Waals surface area contributed by atoms with Gasteiger partial charge in [-0.15, -0.1) is 0 Å². The highest BCUT2D eigenvalue weighted by Gasteiger charge is 2.26. The van der Waals surface area contributed by atoms with Gasteiger partial charge >= 0.3 is 0 Å². The lowest BCUT2D eigenvalue weighted by Gasteiger charge is -2.11. The number of Topliss-reactive ketones (excluding diaryl/α,β-unsaturated/α-hetero) is 1. The lowest BCUT2D eigenvalue weighted by molar-refractivity contribution is -0.129. The summed E-state index contributed by atoms with van der Waals surface area (Å²) < 4.78 is 0. The van der Waals surface area contributed by atoms with E-state index in [1.807, 2.05) is 32.9 Å². The Labute approximate surface area is 119 Å². The van der Waals surface area contributed by atoms with Crippen molar-refractivity contribution in [2.45, 2.75) is 33.6 Å². The van der Waals surface area contributed by atoms with E-state index in [0.717, 1.165) is 12.0 Å². The number of aryl methyl sites for hydroxylation is 1. The Morgan fingerprint density at radius 1 is 1.25 bits per heavy atom. The van der Waals surface area contributed by atoms with Crippen molar-refractivity contribution in [3.63, 3.8) is 0 Å². The number of carbonyl (C=O) groups is 2. The van der Waals surface area contributed by atoms with Crippen molar-refractivity contribution in [1.29, 1.82) is 5.26 Å². The second kappa shape index (κ2) is 7.44. The van der Waals surface area contributed by atoms with Crippen LogP contribution in [-0.4, -0.2) is 11.7 Å². The highest BCUT2D eigenvalue weighted by molar-refractivity contribution is 6.09. The molecule has 1 N–H and O–H groups in total. The predicted octanol–water partition coefficient (Wildman–Crippen LogP) is 2.94. The Hall–Kier alpha value is -2.15. The zero-order valence-electron chi connectivity index (χ0n) is 12.1. The Kier molecular flexibility index (Phi) is 5.92. The largest absolute Gasteiger partial charge is 0.325 e. The van der Waals surface area contributed by atoms with Crippen LogP contribution in [0.2, 0.25) is 0 Å². The maximum Gasteiger partial charge on any atom is 0.249 e. The molecule has 4 nitrogen and oxygen atoms in total. The molecule has 0 aliphatic heterocycles. The predicted molar refractivity (Wildman–Crippen MR) is 78.0 cm³/mol. The molecule has 20 heavy (non-hydrogen) atoms. The molecule has 4 heteroatoms. The first-order valence-corrected chi connectivity index (χ1v) is 6.80. The molecular weight excluding hydrogens is 252 g/mol. The van der Waals surface area contributed by atoms with Gasteiger partial charge in [0.25, 0.3) is 0 Å². The van der Waals surface area contributed by atoms with Crippen LogP contribution in [0.1, 0.15) is 32.8 Å². The lowest BCUT2D eigenvalue weighted by Crippen LogP contribution is -2.29. The quantitative estimate of drug-likeness (QED) is 0.809. The molecule has 0 spiro atoms. The first-order chi connectivity index (χ1) is 9.47. The molecule has 0 saturated heterocycles. The van der Waals surface area contributed by atoms with Gasteiger partial charge in [-0.1, -0.05) is 32.9 Å². The van der Waals surface area contributed by atoms with Gasteiger partial charge < -0.3 is 5.32 Å². The number of anilines is 1. The SMILES string of the molecule is CCc1ccc(NC(=O)[C@@H](C#N)C(=O)CC(C)C)cc1. The fraction of sp³-hybridized carbons (Fsp3) is 0.438. The molecule has 0 aromatic heterocycles. The van der Waals surface area contributed by atoms with Crippen LogP contribution < -0.4 is 5.32 Å². The first-order valence-electron chi connectivity index (χ1n) is 6.80. The molecule has 0 aliphatic carbocycles. The molecule has 106 valence electrons. The number of nitrogens with zero attached hydrogens (tertiary/aromatic N) is 1. The average molecular weight is 272 g/mol. The van der Waals surface area contributed by atoms with Crippen molar-refractivity contribution in [3.8, 4) is 6.07 Å². The summed E-state index contributed by atoms with van der Waals surface area (Å²) in [6, 6.07) is 9.16. The highest BCUT2D eigenvalue weighted by Crippen LogP contribution is 2.13. The van der Waals surface area contributed by atoms with E-state index in [4.69, 9.17) is 5.26 Å². The second-order valence-electron chi connectivity index (χ2n) is 5.17. The maximum absolute atomic E-state index is 12.0. The number of hydrogen-bond donors (Lipinski definition) is 1. The molecule has 0 bridgehead atoms. The lowest BCUT2D eigenvalue weighted by atomic mass is 9.96. The van der Waals surface area contributed by atoms with Crippen LogP contribution in [-0.2, 0) is 16.0 Å². The molecule has 1 rings (SSSR count). The maximum atomic E-state index is 12.0. The highest BCUT2D eigenvalue weighted by atomic mass is 16.2. The number of hydrogen-bond acceptors (Lipinski definition) is 3. The Balaban J connectivity index is 2.72. The molecule has 1 amide bonds. The summed E-state index contributed by atoms with van der Waals surface area (Å²) in [4.78, 5) is 23.8. The standard InChI is InChI=1S/C16H20N2O2/c1-4-12-5-7-13(8-6-12)18-16(20)14(10-17)15(19)9-11(2)3/h5-8,11,14H,4,9H2,1-3H3,(H,18,20)/t14-/m0/s1. The van der Waals surface area contributed by atoms with Gasteiger partial charge in [0.15, 0.2) is 11.7 Å². The summed E-state index contributed by atoms with van der Waals surface area (Å²) >= 11 is 0. The van der Waals surface area contributed by atoms with Gasteiger partial charge in [0.05, 0.1) is 6.07 Å². The van der Waals surface area contributed by atoms with E-state index < -0.39 is 11.8 Å². The van der Waals surface area contributed by atoms with E-state index in [1.165, 1.54) is 0 Å². The molecule has 0 aliphatic rings. The van der Waals surface area contributed by atoms with Gasteiger partial charge in [-0.05, 0) is 30.0 Å². The third-order valence-electron chi connectivity index (χ3n) is 2.95. The first kappa shape index (κ1) is 15.9. The van der Waals surface area contributed by atoms with Crippen LogP contribution in [0.25, 0.3) is 0 Å². The minimum absolute atomic E-state index is 0.134. The number of amides is 1. The summed E-state index contributed by atoms with van der Waals surface area (Å²) in [5.41, 5.74) is 1.76. The van der Waals surface area contributed by atoms with Gasteiger partial charge in [0, 0.05) is 12.1 Å². The number of ketones is 1. The third-order valence-corrected chi connectivity index (χ3v) is 2.95. The summed E-state index contributed by atoms with van der Waals surface area (Å²) in [5, 5.41) is 11.6. The topological polar surface area (TPSA) is 70.0 Å². The summed E-state index contributed by atoms with van der Waals surface area (Å²) in [5.74, 6) is -1.98. The fourth-order valence-corrected chi connectivity index (χ4v) is 1.84. The normalized spacial score (nSPS) is 11.8. The van der Waals surface area contributed by atoms with Gasteiger partial charge in [-0.3, -0.25) is 9.59 Å². The molecule has 1 aromatic carbocycles. The van der Waals surface area contributed by atoms with Crippen molar-refractivity contribution in [3.05, 3.63) is 29.8 Å². The number of benzene rings is 1. The smallest absolute Gasteiger partial charge is 0.249 e. The minimum Gasteiger partial charge on any atom is -0.325 e. The molecular formula is C16H20N2O2. The van der Waals surface area contributed by atoms with Crippen LogP contribution in [0.5, 0.6) is 0 Å². The number of nitrogens with one attached hydrogen (secondary N) is 1. The molecule has 0 saturated carbocycles. The molecule has 1 aromatic rings. The summed E-state index contributed by atoms with van der Waals surface area (Å²) in [7, 11) is 0. The van der Waals surface area contributed by atoms with Crippen LogP contribution in [0.3, 0.4) is 0 Å². The monoisotopic (exact) mass is 272 g/mol. The van der Waals surface area contributed by atoms with Gasteiger partial charge in [-0.25, -0.2) is 0 Å². The summed E-state index contributed by atoms with van der Waals surface area (Å²) in [6.07, 6.45) is 1.16. The van der Waals surface area contributed by atoms with E-state index in [1.54, 1.807) is 18.2 Å². The van der Waals surface area contributed by atoms with Crippen LogP contribution >= 0.6 is 0 Å². The van der Waals surface area contributed by atoms with E-state index >= 15 is 0 Å². The van der Waals surface area contributed by atoms with Crippen LogP contribution in [0, 0.1) is 23.2 Å².